The smallest absolute Gasteiger partial charge is 0.326 e. The summed E-state index contributed by atoms with van der Waals surface area (Å²) in [5.41, 5.74) is 0.908. The van der Waals surface area contributed by atoms with Crippen molar-refractivity contribution in [2.45, 2.75) is 31.8 Å². The van der Waals surface area contributed by atoms with Crippen molar-refractivity contribution >= 4 is 35.1 Å². The molecule has 1 heterocycles. The van der Waals surface area contributed by atoms with E-state index in [0.717, 1.165) is 12.8 Å². The second-order valence-corrected chi connectivity index (χ2v) is 6.57. The van der Waals surface area contributed by atoms with E-state index in [2.05, 4.69) is 5.10 Å². The summed E-state index contributed by atoms with van der Waals surface area (Å²) < 4.78 is 1.47. The molecular formula is C16H15Cl2N3O3. The SMILES string of the molecule is CC(C(=O)O)N(C(=O)c1cnn(-c2ccc(Cl)cc2Cl)c1)C1CC1. The van der Waals surface area contributed by atoms with Gasteiger partial charge in [0, 0.05) is 17.3 Å². The van der Waals surface area contributed by atoms with Gasteiger partial charge in [-0.3, -0.25) is 4.79 Å². The van der Waals surface area contributed by atoms with Gasteiger partial charge in [-0.15, -0.1) is 0 Å². The van der Waals surface area contributed by atoms with Crippen LogP contribution in [0.15, 0.2) is 30.6 Å². The summed E-state index contributed by atoms with van der Waals surface area (Å²) in [5, 5.41) is 14.3. The third-order valence-corrected chi connectivity index (χ3v) is 4.47. The topological polar surface area (TPSA) is 75.4 Å². The zero-order valence-electron chi connectivity index (χ0n) is 12.8. The van der Waals surface area contributed by atoms with Crippen LogP contribution in [0.4, 0.5) is 0 Å². The molecule has 0 spiro atoms. The Morgan fingerprint density at radius 1 is 1.38 bits per heavy atom. The number of halogens is 2. The average Bonchev–Trinajstić information content (AvgIpc) is 3.23. The molecule has 1 fully saturated rings. The molecule has 126 valence electrons. The van der Waals surface area contributed by atoms with Gasteiger partial charge in [-0.25, -0.2) is 9.48 Å². The molecule has 0 saturated heterocycles. The predicted molar refractivity (Wildman–Crippen MR) is 89.9 cm³/mol. The molecule has 8 heteroatoms. The van der Waals surface area contributed by atoms with Gasteiger partial charge in [0.2, 0.25) is 0 Å². The summed E-state index contributed by atoms with van der Waals surface area (Å²) >= 11 is 12.0. The number of hydrogen-bond acceptors (Lipinski definition) is 3. The summed E-state index contributed by atoms with van der Waals surface area (Å²) in [6.45, 7) is 1.51. The Morgan fingerprint density at radius 2 is 2.08 bits per heavy atom. The Kier molecular flexibility index (Phi) is 4.51. The lowest BCUT2D eigenvalue weighted by Gasteiger charge is -2.25. The standard InChI is InChI=1S/C16H15Cl2N3O3/c1-9(16(23)24)21(12-3-4-12)15(22)10-7-19-20(8-10)14-5-2-11(17)6-13(14)18/h2,5-9,12H,3-4H2,1H3,(H,23,24). The maximum absolute atomic E-state index is 12.7. The van der Waals surface area contributed by atoms with Gasteiger partial charge in [0.05, 0.1) is 22.5 Å². The first-order valence-electron chi connectivity index (χ1n) is 7.44. The maximum Gasteiger partial charge on any atom is 0.326 e. The highest BCUT2D eigenvalue weighted by atomic mass is 35.5. The van der Waals surface area contributed by atoms with E-state index in [9.17, 15) is 14.7 Å². The number of aromatic nitrogens is 2. The first-order chi connectivity index (χ1) is 11.4. The lowest BCUT2D eigenvalue weighted by Crippen LogP contribution is -2.44. The van der Waals surface area contributed by atoms with Gasteiger partial charge in [-0.05, 0) is 38.0 Å². The number of amides is 1. The minimum absolute atomic E-state index is 0.0222. The van der Waals surface area contributed by atoms with Crippen molar-refractivity contribution < 1.29 is 14.7 Å². The Bertz CT molecular complexity index is 802. The van der Waals surface area contributed by atoms with Crippen LogP contribution in [-0.2, 0) is 4.79 Å². The van der Waals surface area contributed by atoms with Crippen LogP contribution < -0.4 is 0 Å². The van der Waals surface area contributed by atoms with Crippen molar-refractivity contribution in [3.05, 3.63) is 46.2 Å². The van der Waals surface area contributed by atoms with Gasteiger partial charge in [-0.1, -0.05) is 23.2 Å². The zero-order valence-corrected chi connectivity index (χ0v) is 14.3. The first-order valence-corrected chi connectivity index (χ1v) is 8.19. The van der Waals surface area contributed by atoms with Gasteiger partial charge in [0.15, 0.2) is 0 Å². The van der Waals surface area contributed by atoms with E-state index in [1.165, 1.54) is 22.7 Å². The summed E-state index contributed by atoms with van der Waals surface area (Å²) in [7, 11) is 0. The molecule has 0 bridgehead atoms. The van der Waals surface area contributed by atoms with Gasteiger partial charge >= 0.3 is 5.97 Å². The number of nitrogens with zero attached hydrogens (tertiary/aromatic N) is 3. The molecule has 1 amide bonds. The van der Waals surface area contributed by atoms with Crippen LogP contribution >= 0.6 is 23.2 Å². The van der Waals surface area contributed by atoms with Crippen LogP contribution in [0.5, 0.6) is 0 Å². The van der Waals surface area contributed by atoms with Crippen molar-refractivity contribution in [3.63, 3.8) is 0 Å². The first kappa shape index (κ1) is 16.8. The largest absolute Gasteiger partial charge is 0.480 e. The molecular weight excluding hydrogens is 353 g/mol. The van der Waals surface area contributed by atoms with E-state index in [-0.39, 0.29) is 11.9 Å². The van der Waals surface area contributed by atoms with Gasteiger partial charge in [-0.2, -0.15) is 5.10 Å². The highest BCUT2D eigenvalue weighted by molar-refractivity contribution is 6.35. The molecule has 0 aliphatic heterocycles. The summed E-state index contributed by atoms with van der Waals surface area (Å²) in [4.78, 5) is 25.4. The number of hydrogen-bond donors (Lipinski definition) is 1. The molecule has 1 aromatic heterocycles. The highest BCUT2D eigenvalue weighted by Crippen LogP contribution is 2.30. The van der Waals surface area contributed by atoms with Crippen LogP contribution in [0.25, 0.3) is 5.69 Å². The van der Waals surface area contributed by atoms with E-state index in [0.29, 0.717) is 21.3 Å². The van der Waals surface area contributed by atoms with Gasteiger partial charge < -0.3 is 10.0 Å². The lowest BCUT2D eigenvalue weighted by atomic mass is 10.2. The van der Waals surface area contributed by atoms with E-state index in [1.54, 1.807) is 24.4 Å². The lowest BCUT2D eigenvalue weighted by molar-refractivity contribution is -0.141. The number of carbonyl (C=O) groups excluding carboxylic acids is 1. The van der Waals surface area contributed by atoms with Crippen molar-refractivity contribution in [1.29, 1.82) is 0 Å². The molecule has 1 aromatic carbocycles. The number of rotatable bonds is 5. The Balaban J connectivity index is 1.89. The van der Waals surface area contributed by atoms with Crippen LogP contribution in [-0.4, -0.2) is 43.7 Å². The predicted octanol–water partition coefficient (Wildman–Crippen LogP) is 3.26. The highest BCUT2D eigenvalue weighted by Gasteiger charge is 2.39. The zero-order chi connectivity index (χ0) is 17.4. The van der Waals surface area contributed by atoms with Crippen LogP contribution in [0.1, 0.15) is 30.1 Å². The number of aliphatic carboxylic acids is 1. The number of carbonyl (C=O) groups is 2. The third-order valence-electron chi connectivity index (χ3n) is 3.94. The summed E-state index contributed by atoms with van der Waals surface area (Å²) in [6.07, 6.45) is 4.60. The van der Waals surface area contributed by atoms with Crippen LogP contribution in [0.2, 0.25) is 10.0 Å². The van der Waals surface area contributed by atoms with E-state index in [4.69, 9.17) is 23.2 Å². The van der Waals surface area contributed by atoms with Crippen molar-refractivity contribution in [2.24, 2.45) is 0 Å². The van der Waals surface area contributed by atoms with Crippen molar-refractivity contribution in [1.82, 2.24) is 14.7 Å². The molecule has 2 aromatic rings. The van der Waals surface area contributed by atoms with Crippen molar-refractivity contribution in [3.8, 4) is 5.69 Å². The van der Waals surface area contributed by atoms with E-state index in [1.807, 2.05) is 0 Å². The summed E-state index contributed by atoms with van der Waals surface area (Å²) in [6, 6.07) is 4.06. The molecule has 6 nitrogen and oxygen atoms in total. The third kappa shape index (κ3) is 3.25. The maximum atomic E-state index is 12.7. The minimum atomic E-state index is -1.02. The fraction of sp³-hybridized carbons (Fsp3) is 0.312. The molecule has 3 rings (SSSR count). The van der Waals surface area contributed by atoms with E-state index >= 15 is 0 Å². The molecule has 1 unspecified atom stereocenters. The number of carboxylic acid groups (broad SMARTS) is 1. The fourth-order valence-corrected chi connectivity index (χ4v) is 3.01. The van der Waals surface area contributed by atoms with Gasteiger partial charge in [0.25, 0.3) is 5.91 Å². The Hall–Kier alpha value is -2.05. The molecule has 24 heavy (non-hydrogen) atoms. The quantitative estimate of drug-likeness (QED) is 0.879. The van der Waals surface area contributed by atoms with Crippen LogP contribution in [0.3, 0.4) is 0 Å². The molecule has 1 aliphatic rings. The number of carboxylic acids is 1. The molecule has 0 radical (unpaired) electrons. The molecule has 1 saturated carbocycles. The molecule has 1 atom stereocenters. The molecule has 1 N–H and O–H groups in total. The monoisotopic (exact) mass is 367 g/mol. The molecule has 1 aliphatic carbocycles. The Labute approximate surface area is 148 Å². The van der Waals surface area contributed by atoms with Gasteiger partial charge in [0.1, 0.15) is 6.04 Å². The second kappa shape index (κ2) is 6.45. The Morgan fingerprint density at radius 3 is 2.67 bits per heavy atom. The second-order valence-electron chi connectivity index (χ2n) is 5.73. The van der Waals surface area contributed by atoms with E-state index < -0.39 is 12.0 Å². The minimum Gasteiger partial charge on any atom is -0.480 e. The van der Waals surface area contributed by atoms with Crippen molar-refractivity contribution in [2.75, 3.05) is 0 Å². The number of benzene rings is 1. The average molecular weight is 368 g/mol. The fourth-order valence-electron chi connectivity index (χ4n) is 2.51. The van der Waals surface area contributed by atoms with Crippen LogP contribution in [0, 0.1) is 0 Å². The summed E-state index contributed by atoms with van der Waals surface area (Å²) in [5.74, 6) is -1.37. The normalized spacial score (nSPS) is 15.1.